The average molecular weight is 214 g/mol. The molecule has 0 unspecified atom stereocenters. The highest BCUT2D eigenvalue weighted by atomic mass is 32.2. The fourth-order valence-electron chi connectivity index (χ4n) is 0.854. The van der Waals surface area contributed by atoms with Crippen molar-refractivity contribution in [2.45, 2.75) is 12.1 Å². The molecule has 78 valence electrons. The summed E-state index contributed by atoms with van der Waals surface area (Å²) >= 11 is 1.56. The Hall–Kier alpha value is -0.650. The van der Waals surface area contributed by atoms with E-state index in [2.05, 4.69) is 9.97 Å². The number of hydrogen-bond donors (Lipinski definition) is 1. The summed E-state index contributed by atoms with van der Waals surface area (Å²) < 4.78 is 5.11. The first-order valence-corrected chi connectivity index (χ1v) is 5.42. The molecule has 14 heavy (non-hydrogen) atoms. The summed E-state index contributed by atoms with van der Waals surface area (Å²) in [6.07, 6.45) is 1.75. The summed E-state index contributed by atoms with van der Waals surface area (Å²) in [7, 11) is 0. The summed E-state index contributed by atoms with van der Waals surface area (Å²) in [6, 6.07) is 1.87. The van der Waals surface area contributed by atoms with Gasteiger partial charge in [0.05, 0.1) is 19.8 Å². The average Bonchev–Trinajstić information content (AvgIpc) is 2.18. The number of ether oxygens (including phenoxy) is 1. The highest BCUT2D eigenvalue weighted by molar-refractivity contribution is 7.99. The second-order valence-corrected chi connectivity index (χ2v) is 3.73. The van der Waals surface area contributed by atoms with Gasteiger partial charge in [0.15, 0.2) is 5.16 Å². The van der Waals surface area contributed by atoms with Gasteiger partial charge in [0.2, 0.25) is 0 Å². The van der Waals surface area contributed by atoms with E-state index in [0.29, 0.717) is 13.2 Å². The molecule has 0 saturated heterocycles. The number of nitrogens with zero attached hydrogens (tertiary/aromatic N) is 2. The van der Waals surface area contributed by atoms with Gasteiger partial charge >= 0.3 is 0 Å². The van der Waals surface area contributed by atoms with Crippen molar-refractivity contribution in [1.29, 1.82) is 0 Å². The molecule has 0 spiro atoms. The van der Waals surface area contributed by atoms with E-state index >= 15 is 0 Å². The molecule has 0 aromatic carbocycles. The van der Waals surface area contributed by atoms with Crippen LogP contribution in [0.4, 0.5) is 0 Å². The van der Waals surface area contributed by atoms with Crippen molar-refractivity contribution < 1.29 is 9.84 Å². The normalized spacial score (nSPS) is 10.4. The lowest BCUT2D eigenvalue weighted by atomic mass is 10.5. The van der Waals surface area contributed by atoms with Crippen molar-refractivity contribution in [3.63, 3.8) is 0 Å². The van der Waals surface area contributed by atoms with Crippen molar-refractivity contribution >= 4 is 11.8 Å². The molecule has 0 saturated carbocycles. The van der Waals surface area contributed by atoms with Gasteiger partial charge in [-0.1, -0.05) is 11.8 Å². The third kappa shape index (κ3) is 4.55. The van der Waals surface area contributed by atoms with E-state index in [-0.39, 0.29) is 6.61 Å². The SMILES string of the molecule is Cc1ccnc(SCCOCCO)n1. The van der Waals surface area contributed by atoms with Crippen LogP contribution in [-0.2, 0) is 4.74 Å². The lowest BCUT2D eigenvalue weighted by Crippen LogP contribution is -2.02. The molecular formula is C9H14N2O2S. The fourth-order valence-corrected chi connectivity index (χ4v) is 1.58. The molecule has 1 rings (SSSR count). The molecule has 0 amide bonds. The Bertz CT molecular complexity index is 271. The third-order valence-electron chi connectivity index (χ3n) is 1.47. The maximum Gasteiger partial charge on any atom is 0.187 e. The van der Waals surface area contributed by atoms with Crippen LogP contribution in [0.25, 0.3) is 0 Å². The Balaban J connectivity index is 2.18. The quantitative estimate of drug-likeness (QED) is 0.433. The number of hydrogen-bond acceptors (Lipinski definition) is 5. The van der Waals surface area contributed by atoms with Crippen LogP contribution in [0.1, 0.15) is 5.69 Å². The Morgan fingerprint density at radius 3 is 3.07 bits per heavy atom. The van der Waals surface area contributed by atoms with Gasteiger partial charge in [0, 0.05) is 17.6 Å². The zero-order valence-corrected chi connectivity index (χ0v) is 8.96. The minimum Gasteiger partial charge on any atom is -0.394 e. The van der Waals surface area contributed by atoms with E-state index in [1.807, 2.05) is 13.0 Å². The fraction of sp³-hybridized carbons (Fsp3) is 0.556. The number of rotatable bonds is 6. The van der Waals surface area contributed by atoms with Crippen molar-refractivity contribution in [2.24, 2.45) is 0 Å². The summed E-state index contributed by atoms with van der Waals surface area (Å²) in [5, 5.41) is 9.24. The molecule has 0 aliphatic rings. The minimum atomic E-state index is 0.0750. The molecule has 5 heteroatoms. The van der Waals surface area contributed by atoms with Crippen molar-refractivity contribution in [1.82, 2.24) is 9.97 Å². The first-order valence-electron chi connectivity index (χ1n) is 4.44. The van der Waals surface area contributed by atoms with Crippen LogP contribution in [-0.4, -0.2) is 40.6 Å². The predicted molar refractivity (Wildman–Crippen MR) is 55.4 cm³/mol. The predicted octanol–water partition coefficient (Wildman–Crippen LogP) is 0.886. The van der Waals surface area contributed by atoms with Gasteiger partial charge < -0.3 is 9.84 Å². The molecule has 0 radical (unpaired) electrons. The highest BCUT2D eigenvalue weighted by Gasteiger charge is 1.97. The van der Waals surface area contributed by atoms with Crippen LogP contribution in [0, 0.1) is 6.92 Å². The Morgan fingerprint density at radius 2 is 2.36 bits per heavy atom. The van der Waals surface area contributed by atoms with E-state index in [0.717, 1.165) is 16.6 Å². The van der Waals surface area contributed by atoms with Crippen molar-refractivity contribution in [3.8, 4) is 0 Å². The molecule has 0 aliphatic heterocycles. The first-order chi connectivity index (χ1) is 6.83. The van der Waals surface area contributed by atoms with Crippen molar-refractivity contribution in [3.05, 3.63) is 18.0 Å². The van der Waals surface area contributed by atoms with E-state index in [1.54, 1.807) is 18.0 Å². The van der Waals surface area contributed by atoms with E-state index in [1.165, 1.54) is 0 Å². The Labute approximate surface area is 87.7 Å². The topological polar surface area (TPSA) is 55.2 Å². The lowest BCUT2D eigenvalue weighted by Gasteiger charge is -2.01. The van der Waals surface area contributed by atoms with Gasteiger partial charge in [-0.05, 0) is 13.0 Å². The van der Waals surface area contributed by atoms with E-state index in [9.17, 15) is 0 Å². The number of aryl methyl sites for hydroxylation is 1. The summed E-state index contributed by atoms with van der Waals surface area (Å²) in [6.45, 7) is 3.03. The Morgan fingerprint density at radius 1 is 1.50 bits per heavy atom. The van der Waals surface area contributed by atoms with E-state index in [4.69, 9.17) is 9.84 Å². The maximum absolute atomic E-state index is 8.46. The number of aliphatic hydroxyl groups is 1. The smallest absolute Gasteiger partial charge is 0.187 e. The summed E-state index contributed by atoms with van der Waals surface area (Å²) in [5.74, 6) is 0.809. The van der Waals surface area contributed by atoms with Gasteiger partial charge in [0.1, 0.15) is 0 Å². The lowest BCUT2D eigenvalue weighted by molar-refractivity contribution is 0.103. The minimum absolute atomic E-state index is 0.0750. The molecule has 1 N–H and O–H groups in total. The maximum atomic E-state index is 8.46. The van der Waals surface area contributed by atoms with Gasteiger partial charge in [-0.15, -0.1) is 0 Å². The second-order valence-electron chi connectivity index (χ2n) is 2.67. The van der Waals surface area contributed by atoms with Gasteiger partial charge in [0.25, 0.3) is 0 Å². The monoisotopic (exact) mass is 214 g/mol. The zero-order chi connectivity index (χ0) is 10.2. The van der Waals surface area contributed by atoms with Crippen LogP contribution < -0.4 is 0 Å². The van der Waals surface area contributed by atoms with Crippen molar-refractivity contribution in [2.75, 3.05) is 25.6 Å². The number of thioether (sulfide) groups is 1. The van der Waals surface area contributed by atoms with Crippen LogP contribution in [0.3, 0.4) is 0 Å². The Kier molecular flexibility index (Phi) is 5.51. The molecule has 0 bridgehead atoms. The molecule has 1 heterocycles. The van der Waals surface area contributed by atoms with Crippen LogP contribution >= 0.6 is 11.8 Å². The molecule has 4 nitrogen and oxygen atoms in total. The molecule has 1 aromatic rings. The van der Waals surface area contributed by atoms with Gasteiger partial charge in [-0.3, -0.25) is 0 Å². The van der Waals surface area contributed by atoms with Gasteiger partial charge in [-0.2, -0.15) is 0 Å². The molecule has 0 aliphatic carbocycles. The third-order valence-corrected chi connectivity index (χ3v) is 2.29. The van der Waals surface area contributed by atoms with E-state index < -0.39 is 0 Å². The van der Waals surface area contributed by atoms with Crippen LogP contribution in [0.15, 0.2) is 17.4 Å². The highest BCUT2D eigenvalue weighted by Crippen LogP contribution is 2.11. The first kappa shape index (κ1) is 11.4. The molecule has 0 atom stereocenters. The van der Waals surface area contributed by atoms with Crippen LogP contribution in [0.2, 0.25) is 0 Å². The standard InChI is InChI=1S/C9H14N2O2S/c1-8-2-3-10-9(11-8)14-7-6-13-5-4-12/h2-3,12H,4-7H2,1H3. The zero-order valence-electron chi connectivity index (χ0n) is 8.14. The number of aromatic nitrogens is 2. The number of aliphatic hydroxyl groups excluding tert-OH is 1. The summed E-state index contributed by atoms with van der Waals surface area (Å²) in [4.78, 5) is 8.34. The summed E-state index contributed by atoms with van der Waals surface area (Å²) in [5.41, 5.74) is 0.971. The second kappa shape index (κ2) is 6.75. The largest absolute Gasteiger partial charge is 0.394 e. The van der Waals surface area contributed by atoms with Gasteiger partial charge in [-0.25, -0.2) is 9.97 Å². The molecular weight excluding hydrogens is 200 g/mol. The van der Waals surface area contributed by atoms with Crippen LogP contribution in [0.5, 0.6) is 0 Å². The molecule has 1 aromatic heterocycles. The molecule has 0 fully saturated rings.